The number of ether oxygens (including phenoxy) is 1. The lowest BCUT2D eigenvalue weighted by molar-refractivity contribution is -0.137. The molecule has 2 aromatic rings. The number of carbonyl (C=O) groups is 2. The van der Waals surface area contributed by atoms with Gasteiger partial charge in [0.25, 0.3) is 0 Å². The third-order valence-electron chi connectivity index (χ3n) is 2.94. The van der Waals surface area contributed by atoms with Crippen molar-refractivity contribution in [2.45, 2.75) is 26.3 Å². The smallest absolute Gasteiger partial charge is 0.325 e. The molecule has 7 heteroatoms. The van der Waals surface area contributed by atoms with Gasteiger partial charge in [0, 0.05) is 12.3 Å². The molecule has 0 bridgehead atoms. The van der Waals surface area contributed by atoms with E-state index < -0.39 is 5.97 Å². The molecule has 1 aromatic carbocycles. The zero-order valence-electron chi connectivity index (χ0n) is 12.9. The van der Waals surface area contributed by atoms with Crippen molar-refractivity contribution >= 4 is 17.7 Å². The minimum Gasteiger partial charge on any atom is -0.494 e. The Bertz CT molecular complexity index is 681. The molecule has 2 rings (SSSR count). The van der Waals surface area contributed by atoms with Crippen LogP contribution in [-0.2, 0) is 22.6 Å². The Kier molecular flexibility index (Phi) is 5.74. The van der Waals surface area contributed by atoms with Crippen LogP contribution in [-0.4, -0.2) is 33.4 Å². The Hall–Kier alpha value is -2.83. The summed E-state index contributed by atoms with van der Waals surface area (Å²) in [7, 11) is 0. The second kappa shape index (κ2) is 7.98. The van der Waals surface area contributed by atoms with Gasteiger partial charge in [-0.2, -0.15) is 5.10 Å². The molecule has 0 saturated heterocycles. The zero-order valence-corrected chi connectivity index (χ0v) is 12.9. The Balaban J connectivity index is 1.91. The van der Waals surface area contributed by atoms with Gasteiger partial charge in [-0.25, -0.2) is 0 Å². The molecule has 122 valence electrons. The molecule has 0 aliphatic heterocycles. The lowest BCUT2D eigenvalue weighted by atomic mass is 10.1. The number of carboxylic acids is 1. The number of aliphatic carboxylic acids is 1. The van der Waals surface area contributed by atoms with Crippen molar-refractivity contribution in [2.24, 2.45) is 0 Å². The number of carbonyl (C=O) groups excluding carboxylic acids is 1. The summed E-state index contributed by atoms with van der Waals surface area (Å²) in [6, 6.07) is 8.93. The van der Waals surface area contributed by atoms with Gasteiger partial charge in [0.1, 0.15) is 12.3 Å². The highest BCUT2D eigenvalue weighted by atomic mass is 16.5. The van der Waals surface area contributed by atoms with E-state index in [0.29, 0.717) is 12.4 Å². The van der Waals surface area contributed by atoms with Crippen molar-refractivity contribution in [1.82, 2.24) is 9.78 Å². The standard InChI is InChI=1S/C16H19N3O4/c1-2-8-23-13-5-3-4-12(9-13)10-15(20)17-14-6-7-19(18-14)11-16(21)22/h3-7,9H,2,8,10-11H2,1H3,(H,21,22)(H,17,18,20). The van der Waals surface area contributed by atoms with Gasteiger partial charge in [0.15, 0.2) is 5.82 Å². The van der Waals surface area contributed by atoms with Gasteiger partial charge in [-0.15, -0.1) is 0 Å². The third-order valence-corrected chi connectivity index (χ3v) is 2.94. The first-order chi connectivity index (χ1) is 11.1. The third kappa shape index (κ3) is 5.46. The summed E-state index contributed by atoms with van der Waals surface area (Å²) in [5, 5.41) is 15.3. The molecular formula is C16H19N3O4. The van der Waals surface area contributed by atoms with E-state index in [2.05, 4.69) is 10.4 Å². The van der Waals surface area contributed by atoms with E-state index in [-0.39, 0.29) is 18.9 Å². The molecule has 0 atom stereocenters. The highest BCUT2D eigenvalue weighted by Crippen LogP contribution is 2.14. The van der Waals surface area contributed by atoms with Gasteiger partial charge in [0.05, 0.1) is 13.0 Å². The summed E-state index contributed by atoms with van der Waals surface area (Å²) in [6.45, 7) is 2.42. The maximum Gasteiger partial charge on any atom is 0.325 e. The average Bonchev–Trinajstić information content (AvgIpc) is 2.91. The first kappa shape index (κ1) is 16.5. The van der Waals surface area contributed by atoms with Crippen LogP contribution in [0.1, 0.15) is 18.9 Å². The number of anilines is 1. The predicted octanol–water partition coefficient (Wildman–Crippen LogP) is 1.94. The zero-order chi connectivity index (χ0) is 16.7. The summed E-state index contributed by atoms with van der Waals surface area (Å²) in [5.74, 6) is -0.148. The number of carboxylic acid groups (broad SMARTS) is 1. The van der Waals surface area contributed by atoms with Crippen LogP contribution >= 0.6 is 0 Å². The van der Waals surface area contributed by atoms with Crippen molar-refractivity contribution in [3.05, 3.63) is 42.1 Å². The number of aromatic nitrogens is 2. The van der Waals surface area contributed by atoms with Crippen LogP contribution < -0.4 is 10.1 Å². The van der Waals surface area contributed by atoms with E-state index in [4.69, 9.17) is 9.84 Å². The average molecular weight is 317 g/mol. The van der Waals surface area contributed by atoms with Gasteiger partial charge in [-0.05, 0) is 24.1 Å². The van der Waals surface area contributed by atoms with E-state index in [1.54, 1.807) is 6.07 Å². The van der Waals surface area contributed by atoms with Gasteiger partial charge >= 0.3 is 5.97 Å². The maximum atomic E-state index is 12.0. The summed E-state index contributed by atoms with van der Waals surface area (Å²) < 4.78 is 6.78. The quantitative estimate of drug-likeness (QED) is 0.776. The van der Waals surface area contributed by atoms with Gasteiger partial charge in [-0.1, -0.05) is 19.1 Å². The summed E-state index contributed by atoms with van der Waals surface area (Å²) >= 11 is 0. The lowest BCUT2D eigenvalue weighted by Crippen LogP contribution is -2.16. The fourth-order valence-electron chi connectivity index (χ4n) is 1.99. The molecule has 0 aliphatic carbocycles. The molecule has 1 amide bonds. The van der Waals surface area contributed by atoms with E-state index in [0.717, 1.165) is 17.7 Å². The molecule has 0 aliphatic rings. The van der Waals surface area contributed by atoms with Crippen LogP contribution in [0.15, 0.2) is 36.5 Å². The molecule has 1 heterocycles. The first-order valence-corrected chi connectivity index (χ1v) is 7.33. The Labute approximate surface area is 133 Å². The highest BCUT2D eigenvalue weighted by Gasteiger charge is 2.08. The number of hydrogen-bond donors (Lipinski definition) is 2. The van der Waals surface area contributed by atoms with E-state index >= 15 is 0 Å². The second-order valence-electron chi connectivity index (χ2n) is 5.01. The minimum absolute atomic E-state index is 0.190. The molecule has 0 unspecified atom stereocenters. The summed E-state index contributed by atoms with van der Waals surface area (Å²) in [6.07, 6.45) is 2.61. The Morgan fingerprint density at radius 3 is 2.91 bits per heavy atom. The summed E-state index contributed by atoms with van der Waals surface area (Å²) in [5.41, 5.74) is 0.834. The lowest BCUT2D eigenvalue weighted by Gasteiger charge is -2.07. The second-order valence-corrected chi connectivity index (χ2v) is 5.01. The molecule has 0 saturated carbocycles. The fourth-order valence-corrected chi connectivity index (χ4v) is 1.99. The maximum absolute atomic E-state index is 12.0. The van der Waals surface area contributed by atoms with Crippen molar-refractivity contribution in [1.29, 1.82) is 0 Å². The SMILES string of the molecule is CCCOc1cccc(CC(=O)Nc2ccn(CC(=O)O)n2)c1. The van der Waals surface area contributed by atoms with Crippen molar-refractivity contribution < 1.29 is 19.4 Å². The van der Waals surface area contributed by atoms with Crippen molar-refractivity contribution in [2.75, 3.05) is 11.9 Å². The molecule has 7 nitrogen and oxygen atoms in total. The van der Waals surface area contributed by atoms with Crippen LogP contribution in [0.3, 0.4) is 0 Å². The van der Waals surface area contributed by atoms with Crippen LogP contribution in [0, 0.1) is 0 Å². The van der Waals surface area contributed by atoms with Gasteiger partial charge in [0.2, 0.25) is 5.91 Å². The fraction of sp³-hybridized carbons (Fsp3) is 0.312. The number of amides is 1. The van der Waals surface area contributed by atoms with Crippen molar-refractivity contribution in [3.63, 3.8) is 0 Å². The number of rotatable bonds is 8. The largest absolute Gasteiger partial charge is 0.494 e. The normalized spacial score (nSPS) is 10.3. The van der Waals surface area contributed by atoms with Crippen LogP contribution in [0.5, 0.6) is 5.75 Å². The number of nitrogens with zero attached hydrogens (tertiary/aromatic N) is 2. The van der Waals surface area contributed by atoms with Crippen molar-refractivity contribution in [3.8, 4) is 5.75 Å². The topological polar surface area (TPSA) is 93.5 Å². The Morgan fingerprint density at radius 2 is 2.17 bits per heavy atom. The van der Waals surface area contributed by atoms with E-state index in [1.807, 2.05) is 31.2 Å². The molecule has 1 aromatic heterocycles. The van der Waals surface area contributed by atoms with Crippen LogP contribution in [0.25, 0.3) is 0 Å². The molecule has 0 fully saturated rings. The molecular weight excluding hydrogens is 298 g/mol. The monoisotopic (exact) mass is 317 g/mol. The predicted molar refractivity (Wildman–Crippen MR) is 84.4 cm³/mol. The molecule has 2 N–H and O–H groups in total. The summed E-state index contributed by atoms with van der Waals surface area (Å²) in [4.78, 5) is 22.6. The van der Waals surface area contributed by atoms with Gasteiger partial charge < -0.3 is 15.2 Å². The van der Waals surface area contributed by atoms with Crippen LogP contribution in [0.4, 0.5) is 5.82 Å². The van der Waals surface area contributed by atoms with Gasteiger partial charge in [-0.3, -0.25) is 14.3 Å². The van der Waals surface area contributed by atoms with Crippen LogP contribution in [0.2, 0.25) is 0 Å². The Morgan fingerprint density at radius 1 is 1.35 bits per heavy atom. The van der Waals surface area contributed by atoms with E-state index in [9.17, 15) is 9.59 Å². The number of nitrogens with one attached hydrogen (secondary N) is 1. The number of hydrogen-bond acceptors (Lipinski definition) is 4. The molecule has 23 heavy (non-hydrogen) atoms. The highest BCUT2D eigenvalue weighted by molar-refractivity contribution is 5.91. The number of benzene rings is 1. The molecule has 0 spiro atoms. The minimum atomic E-state index is -0.991. The van der Waals surface area contributed by atoms with E-state index in [1.165, 1.54) is 10.9 Å². The first-order valence-electron chi connectivity index (χ1n) is 7.33. The molecule has 0 radical (unpaired) electrons.